The van der Waals surface area contributed by atoms with Crippen LogP contribution in [0.5, 0.6) is 11.5 Å². The number of phenols is 1. The Morgan fingerprint density at radius 2 is 1.56 bits per heavy atom. The van der Waals surface area contributed by atoms with Crippen molar-refractivity contribution in [2.24, 2.45) is 5.10 Å². The van der Waals surface area contributed by atoms with Crippen LogP contribution in [0.25, 0.3) is 11.3 Å². The lowest BCUT2D eigenvalue weighted by atomic mass is 9.78. The molecule has 0 saturated carbocycles. The largest absolute Gasteiger partial charge is 0.507 e. The van der Waals surface area contributed by atoms with Gasteiger partial charge in [-0.1, -0.05) is 41.5 Å². The summed E-state index contributed by atoms with van der Waals surface area (Å²) >= 11 is 1.50. The highest BCUT2D eigenvalue weighted by Gasteiger charge is 2.27. The summed E-state index contributed by atoms with van der Waals surface area (Å²) in [6.07, 6.45) is 1.75. The maximum atomic E-state index is 10.9. The number of aromatic hydroxyl groups is 1. The molecular weight excluding hydrogens is 486 g/mol. The van der Waals surface area contributed by atoms with Crippen LogP contribution in [0.3, 0.4) is 0 Å². The topological polar surface area (TPSA) is 66.7 Å². The molecule has 1 aromatic heterocycles. The molecule has 0 aliphatic rings. The zero-order valence-electron chi connectivity index (χ0n) is 19.7. The lowest BCUT2D eigenvalue weighted by Crippen LogP contribution is -2.17. The van der Waals surface area contributed by atoms with Crippen molar-refractivity contribution >= 4 is 39.7 Å². The molecule has 0 spiro atoms. The Hall–Kier alpha value is -2.38. The van der Waals surface area contributed by atoms with Crippen molar-refractivity contribution in [2.75, 3.05) is 12.5 Å². The molecule has 32 heavy (non-hydrogen) atoms. The average molecular weight is 519 g/mol. The fourth-order valence-electron chi connectivity index (χ4n) is 3.24. The number of aromatic nitrogens is 1. The summed E-state index contributed by atoms with van der Waals surface area (Å²) in [5, 5.41) is 18.0. The second-order valence-electron chi connectivity index (χ2n) is 9.60. The fraction of sp³-hybridized carbons (Fsp3) is 0.360. The molecule has 5 nitrogen and oxygen atoms in total. The number of nitrogens with one attached hydrogen (secondary N) is 1. The van der Waals surface area contributed by atoms with Gasteiger partial charge in [-0.2, -0.15) is 5.10 Å². The van der Waals surface area contributed by atoms with Gasteiger partial charge >= 0.3 is 0 Å². The van der Waals surface area contributed by atoms with Gasteiger partial charge in [-0.15, -0.1) is 28.3 Å². The highest BCUT2D eigenvalue weighted by molar-refractivity contribution is 8.93. The summed E-state index contributed by atoms with van der Waals surface area (Å²) in [6.45, 7) is 12.7. The second kappa shape index (κ2) is 10.0. The molecule has 0 aliphatic heterocycles. The van der Waals surface area contributed by atoms with E-state index in [9.17, 15) is 5.11 Å². The van der Waals surface area contributed by atoms with Gasteiger partial charge in [0.25, 0.3) is 0 Å². The van der Waals surface area contributed by atoms with Gasteiger partial charge in [0, 0.05) is 22.1 Å². The van der Waals surface area contributed by atoms with Crippen LogP contribution in [0, 0.1) is 0 Å². The van der Waals surface area contributed by atoms with E-state index in [-0.39, 0.29) is 27.8 Å². The van der Waals surface area contributed by atoms with Gasteiger partial charge in [-0.3, -0.25) is 5.43 Å². The summed E-state index contributed by atoms with van der Waals surface area (Å²) in [4.78, 5) is 4.71. The van der Waals surface area contributed by atoms with Gasteiger partial charge in [0.1, 0.15) is 11.5 Å². The van der Waals surface area contributed by atoms with E-state index in [0.29, 0.717) is 10.9 Å². The smallest absolute Gasteiger partial charge is 0.203 e. The minimum atomic E-state index is -0.181. The summed E-state index contributed by atoms with van der Waals surface area (Å²) in [7, 11) is 1.65. The van der Waals surface area contributed by atoms with Crippen molar-refractivity contribution in [1.29, 1.82) is 0 Å². The van der Waals surface area contributed by atoms with Crippen molar-refractivity contribution in [3.8, 4) is 22.8 Å². The molecule has 7 heteroatoms. The number of hydrogen-bond donors (Lipinski definition) is 2. The molecule has 0 unspecified atom stereocenters. The Labute approximate surface area is 205 Å². The first kappa shape index (κ1) is 25.9. The van der Waals surface area contributed by atoms with Crippen LogP contribution < -0.4 is 10.2 Å². The van der Waals surface area contributed by atoms with Gasteiger partial charge in [0.15, 0.2) is 0 Å². The summed E-state index contributed by atoms with van der Waals surface area (Å²) in [5.74, 6) is 1.19. The van der Waals surface area contributed by atoms with Crippen LogP contribution in [-0.2, 0) is 10.8 Å². The summed E-state index contributed by atoms with van der Waals surface area (Å²) in [5.41, 5.74) is 7.33. The number of ether oxygens (including phenoxy) is 1. The predicted octanol–water partition coefficient (Wildman–Crippen LogP) is 7.14. The van der Waals surface area contributed by atoms with E-state index in [2.05, 4.69) is 52.1 Å². The number of benzene rings is 2. The molecular formula is C25H32BrN3O2S. The third kappa shape index (κ3) is 6.11. The molecule has 1 heterocycles. The van der Waals surface area contributed by atoms with Crippen molar-refractivity contribution in [3.05, 3.63) is 58.5 Å². The minimum Gasteiger partial charge on any atom is -0.507 e. The van der Waals surface area contributed by atoms with Crippen LogP contribution in [0.2, 0.25) is 0 Å². The molecule has 0 atom stereocenters. The molecule has 0 bridgehead atoms. The normalized spacial score (nSPS) is 12.0. The van der Waals surface area contributed by atoms with Gasteiger partial charge < -0.3 is 9.84 Å². The SMILES string of the molecule is Br.COc1ccc(/C=N/Nc2nc(-c3cc(C(C)(C)C)c(O)c(C(C)(C)C)c3)cs2)cc1. The Morgan fingerprint density at radius 1 is 1.00 bits per heavy atom. The first-order valence-electron chi connectivity index (χ1n) is 10.3. The molecule has 0 radical (unpaired) electrons. The average Bonchev–Trinajstić information content (AvgIpc) is 3.16. The van der Waals surface area contributed by atoms with Gasteiger partial charge in [-0.05, 0) is 52.8 Å². The standard InChI is InChI=1S/C25H31N3O2S.BrH/c1-24(2,3)19-12-17(13-20(22(19)29)25(4,5)6)21-15-31-23(27-21)28-26-14-16-8-10-18(30-7)11-9-16;/h8-15,29H,1-7H3,(H,27,28);1H/b26-14+;. The van der Waals surface area contributed by atoms with Crippen LogP contribution in [0.15, 0.2) is 46.9 Å². The first-order valence-corrected chi connectivity index (χ1v) is 11.1. The maximum Gasteiger partial charge on any atom is 0.203 e. The number of phenolic OH excluding ortho intramolecular Hbond substituents is 1. The number of thiazole rings is 1. The Kier molecular flexibility index (Phi) is 8.12. The van der Waals surface area contributed by atoms with E-state index >= 15 is 0 Å². The fourth-order valence-corrected chi connectivity index (χ4v) is 3.90. The van der Waals surface area contributed by atoms with E-state index in [1.54, 1.807) is 13.3 Å². The Bertz CT molecular complexity index is 1040. The minimum absolute atomic E-state index is 0. The van der Waals surface area contributed by atoms with Crippen LogP contribution in [-0.4, -0.2) is 23.4 Å². The molecule has 172 valence electrons. The molecule has 3 aromatic rings. The van der Waals surface area contributed by atoms with E-state index in [4.69, 9.17) is 9.72 Å². The zero-order chi connectivity index (χ0) is 22.8. The quantitative estimate of drug-likeness (QED) is 0.278. The maximum absolute atomic E-state index is 10.9. The third-order valence-electron chi connectivity index (χ3n) is 5.02. The van der Waals surface area contributed by atoms with Crippen molar-refractivity contribution in [2.45, 2.75) is 52.4 Å². The second-order valence-corrected chi connectivity index (χ2v) is 10.5. The van der Waals surface area contributed by atoms with Crippen molar-refractivity contribution < 1.29 is 9.84 Å². The predicted molar refractivity (Wildman–Crippen MR) is 141 cm³/mol. The van der Waals surface area contributed by atoms with E-state index in [1.807, 2.05) is 41.8 Å². The number of rotatable bonds is 5. The van der Waals surface area contributed by atoms with Gasteiger partial charge in [0.2, 0.25) is 5.13 Å². The van der Waals surface area contributed by atoms with Gasteiger partial charge in [0.05, 0.1) is 19.0 Å². The molecule has 2 N–H and O–H groups in total. The molecule has 2 aromatic carbocycles. The van der Waals surface area contributed by atoms with Crippen LogP contribution in [0.1, 0.15) is 58.2 Å². The molecule has 0 amide bonds. The highest BCUT2D eigenvalue weighted by atomic mass is 79.9. The van der Waals surface area contributed by atoms with Crippen molar-refractivity contribution in [3.63, 3.8) is 0 Å². The highest BCUT2D eigenvalue weighted by Crippen LogP contribution is 2.42. The molecule has 0 aliphatic carbocycles. The summed E-state index contributed by atoms with van der Waals surface area (Å²) < 4.78 is 5.17. The van der Waals surface area contributed by atoms with Crippen molar-refractivity contribution in [1.82, 2.24) is 4.98 Å². The lowest BCUT2D eigenvalue weighted by Gasteiger charge is -2.28. The molecule has 0 saturated heterocycles. The number of halogens is 1. The number of hydrogen-bond acceptors (Lipinski definition) is 6. The number of hydrazone groups is 1. The van der Waals surface area contributed by atoms with E-state index < -0.39 is 0 Å². The molecule has 3 rings (SSSR count). The monoisotopic (exact) mass is 517 g/mol. The Morgan fingerprint density at radius 3 is 2.06 bits per heavy atom. The zero-order valence-corrected chi connectivity index (χ0v) is 22.2. The number of anilines is 1. The number of methoxy groups -OCH3 is 1. The van der Waals surface area contributed by atoms with Crippen LogP contribution in [0.4, 0.5) is 5.13 Å². The third-order valence-corrected chi connectivity index (χ3v) is 5.76. The van der Waals surface area contributed by atoms with E-state index in [0.717, 1.165) is 33.7 Å². The molecule has 0 fully saturated rings. The first-order chi connectivity index (χ1) is 14.5. The Balaban J connectivity index is 0.00000363. The number of nitrogens with zero attached hydrogens (tertiary/aromatic N) is 2. The van der Waals surface area contributed by atoms with Gasteiger partial charge in [-0.25, -0.2) is 4.98 Å². The lowest BCUT2D eigenvalue weighted by molar-refractivity contribution is 0.415. The summed E-state index contributed by atoms with van der Waals surface area (Å²) in [6, 6.07) is 11.8. The van der Waals surface area contributed by atoms with E-state index in [1.165, 1.54) is 11.3 Å². The van der Waals surface area contributed by atoms with Crippen LogP contribution >= 0.6 is 28.3 Å².